The Hall–Kier alpha value is -0.517. The zero-order chi connectivity index (χ0) is 7.44. The average molecular weight is 217 g/mol. The Bertz CT molecular complexity index is 138. The van der Waals surface area contributed by atoms with Gasteiger partial charge in [-0.3, -0.25) is 9.59 Å². The summed E-state index contributed by atoms with van der Waals surface area (Å²) in [6.45, 7) is 0. The molecular formula is C4H9NO5Zn. The Morgan fingerprint density at radius 3 is 1.82 bits per heavy atom. The first-order chi connectivity index (χ1) is 4.04. The van der Waals surface area contributed by atoms with Crippen LogP contribution in [0, 0.1) is 0 Å². The fraction of sp³-hybridized carbons (Fsp3) is 0.500. The number of carboxylic acid groups (broad SMARTS) is 2. The van der Waals surface area contributed by atoms with Crippen LogP contribution in [0.15, 0.2) is 0 Å². The molecule has 0 aliphatic heterocycles. The average Bonchev–Trinajstić information content (AvgIpc) is 1.63. The zero-order valence-electron chi connectivity index (χ0n) is 5.78. The molecule has 1 atom stereocenters. The largest absolute Gasteiger partial charge is 0.481 e. The predicted molar refractivity (Wildman–Crippen MR) is 31.5 cm³/mol. The third-order valence-corrected chi connectivity index (χ3v) is 0.712. The maximum absolute atomic E-state index is 9.85. The van der Waals surface area contributed by atoms with Crippen molar-refractivity contribution in [2.24, 2.45) is 5.73 Å². The van der Waals surface area contributed by atoms with Gasteiger partial charge in [0.1, 0.15) is 6.04 Å². The second-order valence-corrected chi connectivity index (χ2v) is 1.54. The summed E-state index contributed by atoms with van der Waals surface area (Å²) in [4.78, 5) is 19.6. The molecule has 0 rings (SSSR count). The second-order valence-electron chi connectivity index (χ2n) is 1.54. The maximum Gasteiger partial charge on any atom is 0.321 e. The second kappa shape index (κ2) is 7.59. The van der Waals surface area contributed by atoms with Gasteiger partial charge in [-0.1, -0.05) is 0 Å². The van der Waals surface area contributed by atoms with Crippen molar-refractivity contribution < 1.29 is 44.8 Å². The van der Waals surface area contributed by atoms with Crippen LogP contribution >= 0.6 is 0 Å². The molecule has 7 heteroatoms. The summed E-state index contributed by atoms with van der Waals surface area (Å²) in [5, 5.41) is 16.0. The number of nitrogens with two attached hydrogens (primary N) is 1. The van der Waals surface area contributed by atoms with E-state index in [1.165, 1.54) is 0 Å². The van der Waals surface area contributed by atoms with Gasteiger partial charge in [0.2, 0.25) is 0 Å². The molecule has 0 amide bonds. The van der Waals surface area contributed by atoms with Crippen molar-refractivity contribution in [2.75, 3.05) is 0 Å². The smallest absolute Gasteiger partial charge is 0.321 e. The summed E-state index contributed by atoms with van der Waals surface area (Å²) < 4.78 is 0. The van der Waals surface area contributed by atoms with Crippen LogP contribution in [-0.4, -0.2) is 33.7 Å². The van der Waals surface area contributed by atoms with Gasteiger partial charge in [0.25, 0.3) is 0 Å². The van der Waals surface area contributed by atoms with E-state index in [0.717, 1.165) is 0 Å². The summed E-state index contributed by atoms with van der Waals surface area (Å²) in [6, 6.07) is -1.29. The summed E-state index contributed by atoms with van der Waals surface area (Å²) >= 11 is 0. The van der Waals surface area contributed by atoms with Crippen molar-refractivity contribution in [1.29, 1.82) is 0 Å². The van der Waals surface area contributed by atoms with Crippen LogP contribution in [-0.2, 0) is 29.1 Å². The minimum absolute atomic E-state index is 0. The van der Waals surface area contributed by atoms with E-state index in [4.69, 9.17) is 15.9 Å². The predicted octanol–water partition coefficient (Wildman–Crippen LogP) is -1.95. The van der Waals surface area contributed by atoms with E-state index in [1.807, 2.05) is 0 Å². The molecule has 0 radical (unpaired) electrons. The minimum atomic E-state index is -1.29. The minimum Gasteiger partial charge on any atom is -0.481 e. The molecule has 6 nitrogen and oxygen atoms in total. The van der Waals surface area contributed by atoms with Gasteiger partial charge < -0.3 is 21.4 Å². The van der Waals surface area contributed by atoms with Crippen molar-refractivity contribution in [3.05, 3.63) is 0 Å². The first-order valence-electron chi connectivity index (χ1n) is 2.24. The monoisotopic (exact) mass is 215 g/mol. The molecule has 0 spiro atoms. The van der Waals surface area contributed by atoms with E-state index in [1.54, 1.807) is 0 Å². The van der Waals surface area contributed by atoms with Crippen LogP contribution in [0.5, 0.6) is 0 Å². The van der Waals surface area contributed by atoms with E-state index >= 15 is 0 Å². The molecule has 0 aliphatic carbocycles. The first-order valence-corrected chi connectivity index (χ1v) is 2.24. The van der Waals surface area contributed by atoms with Crippen molar-refractivity contribution in [1.82, 2.24) is 0 Å². The van der Waals surface area contributed by atoms with Gasteiger partial charge in [-0.15, -0.1) is 0 Å². The molecule has 62 valence electrons. The van der Waals surface area contributed by atoms with Crippen LogP contribution in [0.3, 0.4) is 0 Å². The zero-order valence-corrected chi connectivity index (χ0v) is 8.75. The SMILES string of the molecule is N[C@H](CC(=O)O)C(=O)O.O.[Zn]. The van der Waals surface area contributed by atoms with Crippen LogP contribution < -0.4 is 5.73 Å². The molecule has 0 saturated carbocycles. The maximum atomic E-state index is 9.85. The van der Waals surface area contributed by atoms with Crippen LogP contribution in [0.25, 0.3) is 0 Å². The fourth-order valence-electron chi connectivity index (χ4n) is 0.275. The molecule has 0 aromatic carbocycles. The van der Waals surface area contributed by atoms with E-state index in [2.05, 4.69) is 0 Å². The number of hydrogen-bond acceptors (Lipinski definition) is 3. The Morgan fingerprint density at radius 2 is 1.73 bits per heavy atom. The molecule has 0 saturated heterocycles. The third kappa shape index (κ3) is 9.48. The van der Waals surface area contributed by atoms with E-state index < -0.39 is 24.4 Å². The van der Waals surface area contributed by atoms with Gasteiger partial charge in [-0.05, 0) is 0 Å². The molecule has 0 heterocycles. The number of hydrogen-bond donors (Lipinski definition) is 3. The third-order valence-electron chi connectivity index (χ3n) is 0.712. The summed E-state index contributed by atoms with van der Waals surface area (Å²) in [5.74, 6) is -2.50. The Kier molecular flexibility index (Phi) is 11.6. The molecule has 6 N–H and O–H groups in total. The Morgan fingerprint density at radius 1 is 1.36 bits per heavy atom. The fourth-order valence-corrected chi connectivity index (χ4v) is 0.275. The molecule has 0 aliphatic rings. The van der Waals surface area contributed by atoms with Gasteiger partial charge in [-0.2, -0.15) is 0 Å². The molecule has 0 fully saturated rings. The van der Waals surface area contributed by atoms with Gasteiger partial charge in [-0.25, -0.2) is 0 Å². The quantitative estimate of drug-likeness (QED) is 0.472. The van der Waals surface area contributed by atoms with Crippen LogP contribution in [0.1, 0.15) is 6.42 Å². The molecule has 0 unspecified atom stereocenters. The van der Waals surface area contributed by atoms with Crippen molar-refractivity contribution in [2.45, 2.75) is 12.5 Å². The topological polar surface area (TPSA) is 132 Å². The van der Waals surface area contributed by atoms with Crippen LogP contribution in [0.4, 0.5) is 0 Å². The number of rotatable bonds is 3. The van der Waals surface area contributed by atoms with Gasteiger partial charge in [0.05, 0.1) is 6.42 Å². The molecular weight excluding hydrogens is 207 g/mol. The van der Waals surface area contributed by atoms with Gasteiger partial charge in [0, 0.05) is 19.5 Å². The van der Waals surface area contributed by atoms with Gasteiger partial charge in [0.15, 0.2) is 0 Å². The Balaban J connectivity index is -0.000000320. The van der Waals surface area contributed by atoms with Crippen molar-refractivity contribution in [3.63, 3.8) is 0 Å². The number of carbonyl (C=O) groups is 2. The normalized spacial score (nSPS) is 10.3. The molecule has 0 bridgehead atoms. The molecule has 0 aromatic heterocycles. The molecule has 11 heavy (non-hydrogen) atoms. The summed E-state index contributed by atoms with van der Waals surface area (Å²) in [5.41, 5.74) is 4.84. The number of aliphatic carboxylic acids is 2. The van der Waals surface area contributed by atoms with E-state index in [0.29, 0.717) is 0 Å². The van der Waals surface area contributed by atoms with Gasteiger partial charge >= 0.3 is 11.9 Å². The molecule has 0 aromatic rings. The summed E-state index contributed by atoms with van der Waals surface area (Å²) in [7, 11) is 0. The summed E-state index contributed by atoms with van der Waals surface area (Å²) in [6.07, 6.45) is -0.532. The van der Waals surface area contributed by atoms with Crippen molar-refractivity contribution in [3.8, 4) is 0 Å². The first kappa shape index (κ1) is 16.8. The standard InChI is InChI=1S/C4H7NO4.H2O.Zn/c5-2(4(8)9)1-3(6)7;;/h2H,1,5H2,(H,6,7)(H,8,9);1H2;/t2-;;/m1../s1. The van der Waals surface area contributed by atoms with E-state index in [9.17, 15) is 9.59 Å². The Labute approximate surface area is 75.4 Å². The van der Waals surface area contributed by atoms with E-state index in [-0.39, 0.29) is 25.0 Å². The van der Waals surface area contributed by atoms with Crippen molar-refractivity contribution >= 4 is 11.9 Å². The number of carboxylic acids is 2. The van der Waals surface area contributed by atoms with Crippen LogP contribution in [0.2, 0.25) is 0 Å².